The monoisotopic (exact) mass is 1990 g/mol. The first-order valence-electron chi connectivity index (χ1n) is 55.2. The number of nitrogens with one attached hydrogen (secondary N) is 6. The van der Waals surface area contributed by atoms with Crippen molar-refractivity contribution in [1.82, 2.24) is 59.3 Å². The van der Waals surface area contributed by atoms with Crippen molar-refractivity contribution in [2.75, 3.05) is 85.1 Å². The molecule has 18 unspecified atom stereocenters. The largest absolute Gasteiger partial charge is 0.461 e. The number of nitrogens with zero attached hydrogens (tertiary/aromatic N) is 6. The molecule has 6 aliphatic carbocycles. The van der Waals surface area contributed by atoms with E-state index in [0.29, 0.717) is 92.9 Å². The molecule has 17 heteroatoms. The summed E-state index contributed by atoms with van der Waals surface area (Å²) in [5.74, 6) is 4.67. The van der Waals surface area contributed by atoms with Gasteiger partial charge in [0.2, 0.25) is 0 Å². The molecule has 760 valence electrons. The van der Waals surface area contributed by atoms with Crippen molar-refractivity contribution < 1.29 is 19.0 Å². The lowest BCUT2D eigenvalue weighted by atomic mass is 9.61. The molecule has 12 bridgehead atoms. The predicted octanol–water partition coefficient (Wildman–Crippen LogP) is 27.4. The number of carbonyl (C=O) groups is 1. The number of benzene rings is 6. The van der Waals surface area contributed by atoms with Gasteiger partial charge in [-0.05, 0) is 309 Å². The first kappa shape index (κ1) is 102. The number of aryl methyl sites for hydroxylation is 1. The highest BCUT2D eigenvalue weighted by molar-refractivity contribution is 9.10. The van der Waals surface area contributed by atoms with Crippen molar-refractivity contribution in [3.05, 3.63) is 286 Å². The van der Waals surface area contributed by atoms with Crippen LogP contribution < -0.4 is 0 Å². The maximum atomic E-state index is 13.5. The SMILES string of the molecule is CC(C)C1(C)CC2C=CC1N(CCc1c[nH]c3ccccc13)C2.CCC1(C)CC2C=CC1N(CCc1c[nH]c3ccc(Br)cc13)C2.CCC1(C)CC2C=CC1N(CCc1c[nH]c3ccc(C)cc13)C2.CCC1(C)CC2C=CC1N(CCc1c[nH]c3ccc(CO)cc13)C2.CCC1(C)CC2C=CC1N(CCc1c[nH]c3ccc(F)cc13)C2.CCOC(=O)c1[nH]c2ccccc2c1CCN1CC2C=CC1C(C)(CC)C2. The van der Waals surface area contributed by atoms with Gasteiger partial charge in [0.1, 0.15) is 11.5 Å². The summed E-state index contributed by atoms with van der Waals surface area (Å²) in [6.45, 7) is 49.6. The summed E-state index contributed by atoms with van der Waals surface area (Å²) >= 11 is 3.60. The van der Waals surface area contributed by atoms with E-state index >= 15 is 0 Å². The van der Waals surface area contributed by atoms with E-state index in [0.717, 1.165) is 145 Å². The Hall–Kier alpha value is -9.40. The van der Waals surface area contributed by atoms with Gasteiger partial charge in [-0.3, -0.25) is 29.4 Å². The first-order valence-corrected chi connectivity index (χ1v) is 56.0. The van der Waals surface area contributed by atoms with Gasteiger partial charge in [0.25, 0.3) is 0 Å². The lowest BCUT2D eigenvalue weighted by molar-refractivity contribution is -0.0117. The standard InChI is InChI=1S/C23H30N2O2.C21H28N2O.2C21H28N2.C20H25BrN2.C20H25FN2/c1-4-23(3)14-16-10-11-20(23)25(15-16)13-12-18-17-8-6-7-9-19(17)24-21(18)22(26)27-5-2;1-3-21(2)11-16-5-7-20(21)23(13-16)9-8-17-12-22-19-6-4-15(14-24)10-18(17)19;1-15(2)21(3)12-16-8-9-20(21)23(14-16)11-10-17-13-22-19-7-5-4-6-18(17)19;1-4-21(3)12-16-6-8-20(21)23(14-16)10-9-17-13-22-19-7-5-15(2)11-18(17)19;2*1-3-20(2)11-14-4-7-19(20)23(13-14)9-8-15-12-22-18-6-5-16(21)10-17(15)18/h6-11,16,20,24H,4-5,12-15H2,1-3H3;4-7,10,12,16,20,22,24H,3,8-9,11,13-14H2,1-2H3;4-9,13,15-16,20,22H,10-12,14H2,1-3H3;5-8,11,13,16,20,22H,4,9-10,12,14H2,1-3H3;2*4-7,10,12,14,19,22H,3,8-9,11,13H2,1-2H3. The minimum absolute atomic E-state index is 0.107. The highest BCUT2D eigenvalue weighted by Gasteiger charge is 2.51. The lowest BCUT2D eigenvalue weighted by Gasteiger charge is -2.55. The Balaban J connectivity index is 0.000000109. The van der Waals surface area contributed by atoms with E-state index in [1.807, 2.05) is 43.5 Å². The smallest absolute Gasteiger partial charge is 0.355 e. The number of aliphatic hydroxyl groups is 1. The van der Waals surface area contributed by atoms with Crippen LogP contribution in [0.1, 0.15) is 223 Å². The van der Waals surface area contributed by atoms with Crippen LogP contribution in [0, 0.1) is 86.7 Å². The summed E-state index contributed by atoms with van der Waals surface area (Å²) in [5.41, 5.74) is 20.5. The number of halogens is 2. The van der Waals surface area contributed by atoms with Crippen molar-refractivity contribution in [1.29, 1.82) is 0 Å². The number of para-hydroxylation sites is 2. The second-order valence-electron chi connectivity index (χ2n) is 47.3. The van der Waals surface area contributed by atoms with Crippen LogP contribution in [0.25, 0.3) is 65.4 Å². The molecule has 7 N–H and O–H groups in total. The maximum absolute atomic E-state index is 13.5. The van der Waals surface area contributed by atoms with Gasteiger partial charge >= 0.3 is 5.97 Å². The Morgan fingerprint density at radius 3 is 1.10 bits per heavy atom. The fraction of sp³-hybridized carbons (Fsp3) is 0.516. The minimum atomic E-state index is -0.248. The van der Waals surface area contributed by atoms with E-state index in [4.69, 9.17) is 4.74 Å². The van der Waals surface area contributed by atoms with Crippen molar-refractivity contribution in [2.45, 2.75) is 256 Å². The van der Waals surface area contributed by atoms with Crippen molar-refractivity contribution in [3.63, 3.8) is 0 Å². The molecule has 0 spiro atoms. The third-order valence-electron chi connectivity index (χ3n) is 37.9. The van der Waals surface area contributed by atoms with Gasteiger partial charge in [-0.25, -0.2) is 9.18 Å². The highest BCUT2D eigenvalue weighted by Crippen LogP contribution is 2.53. The van der Waals surface area contributed by atoms with Crippen LogP contribution in [0.2, 0.25) is 0 Å². The Labute approximate surface area is 860 Å². The van der Waals surface area contributed by atoms with Crippen molar-refractivity contribution >= 4 is 87.3 Å². The number of esters is 1. The number of carbonyl (C=O) groups excluding carboxylic acids is 1. The average Bonchev–Trinajstić information content (AvgIpc) is 1.75. The van der Waals surface area contributed by atoms with E-state index in [1.54, 1.807) is 6.07 Å². The van der Waals surface area contributed by atoms with E-state index in [9.17, 15) is 14.3 Å². The van der Waals surface area contributed by atoms with E-state index in [1.165, 1.54) is 193 Å². The van der Waals surface area contributed by atoms with Crippen molar-refractivity contribution in [3.8, 4) is 0 Å². The van der Waals surface area contributed by atoms with Gasteiger partial charge in [0, 0.05) is 216 Å². The fourth-order valence-electron chi connectivity index (χ4n) is 28.5. The molecule has 0 amide bonds. The summed E-state index contributed by atoms with van der Waals surface area (Å²) in [6, 6.07) is 44.7. The summed E-state index contributed by atoms with van der Waals surface area (Å²) in [4.78, 5) is 48.8. The molecule has 12 aromatic rings. The van der Waals surface area contributed by atoms with Gasteiger partial charge < -0.3 is 39.7 Å². The number of aliphatic hydroxyl groups excluding tert-OH is 1. The van der Waals surface area contributed by atoms with Crippen molar-refractivity contribution in [2.24, 2.45) is 73.9 Å². The number of fused-ring (bicyclic) bond motifs is 18. The minimum Gasteiger partial charge on any atom is -0.461 e. The molecular weight excluding hydrogens is 1830 g/mol. The summed E-state index contributed by atoms with van der Waals surface area (Å²) in [5, 5.41) is 17.0. The molecule has 6 aromatic carbocycles. The molecule has 18 aliphatic rings. The molecule has 6 saturated heterocycles. The number of hydrogen-bond donors (Lipinski definition) is 7. The lowest BCUT2D eigenvalue weighted by Crippen LogP contribution is -2.57. The molecule has 15 nitrogen and oxygen atoms in total. The number of rotatable bonds is 27. The normalized spacial score (nSPS) is 29.7. The second kappa shape index (κ2) is 43.2. The van der Waals surface area contributed by atoms with Crippen LogP contribution in [0.4, 0.5) is 4.39 Å². The van der Waals surface area contributed by atoms with Crippen LogP contribution in [0.5, 0.6) is 0 Å². The summed E-state index contributed by atoms with van der Waals surface area (Å²) in [6.07, 6.45) is 60.8. The second-order valence-corrected chi connectivity index (χ2v) is 48.2. The topological polar surface area (TPSA) is 161 Å². The number of aromatic amines is 6. The molecule has 0 radical (unpaired) electrons. The Bertz CT molecular complexity index is 6320. The zero-order valence-corrected chi connectivity index (χ0v) is 90.1. The Morgan fingerprint density at radius 2 is 0.713 bits per heavy atom. The molecule has 6 aromatic heterocycles. The average molecular weight is 1990 g/mol. The zero-order chi connectivity index (χ0) is 99.9. The van der Waals surface area contributed by atoms with E-state index in [2.05, 4.69) is 349 Å². The molecule has 6 fully saturated rings. The molecule has 12 aliphatic heterocycles. The van der Waals surface area contributed by atoms with Gasteiger partial charge in [-0.15, -0.1) is 0 Å². The first-order chi connectivity index (χ1) is 69.0. The number of H-pyrrole nitrogens is 6. The zero-order valence-electron chi connectivity index (χ0n) is 88.5. The molecule has 30 rings (SSSR count). The molecule has 143 heavy (non-hydrogen) atoms. The maximum Gasteiger partial charge on any atom is 0.355 e. The van der Waals surface area contributed by atoms with Gasteiger partial charge in [-0.1, -0.05) is 233 Å². The Kier molecular flexibility index (Phi) is 30.9. The summed E-state index contributed by atoms with van der Waals surface area (Å²) < 4.78 is 20.0. The molecule has 18 heterocycles. The van der Waals surface area contributed by atoms with Crippen LogP contribution >= 0.6 is 15.9 Å². The summed E-state index contributed by atoms with van der Waals surface area (Å²) in [7, 11) is 0. The number of hydrogen-bond acceptors (Lipinski definition) is 9. The van der Waals surface area contributed by atoms with E-state index in [-0.39, 0.29) is 18.4 Å². The van der Waals surface area contributed by atoms with Crippen LogP contribution in [-0.2, 0) is 49.9 Å². The van der Waals surface area contributed by atoms with Gasteiger partial charge in [0.05, 0.1) is 13.2 Å². The number of piperidine rings is 6. The van der Waals surface area contributed by atoms with Crippen LogP contribution in [-0.4, -0.2) is 192 Å². The Morgan fingerprint density at radius 1 is 0.385 bits per heavy atom. The van der Waals surface area contributed by atoms with E-state index < -0.39 is 0 Å². The molecule has 0 saturated carbocycles. The number of ether oxygens (including phenoxy) is 1. The third kappa shape index (κ3) is 21.3. The highest BCUT2D eigenvalue weighted by atomic mass is 79.9. The number of aromatic nitrogens is 6. The van der Waals surface area contributed by atoms with Crippen LogP contribution in [0.3, 0.4) is 0 Å². The van der Waals surface area contributed by atoms with Crippen LogP contribution in [0.15, 0.2) is 230 Å². The van der Waals surface area contributed by atoms with Gasteiger partial charge in [-0.2, -0.15) is 0 Å². The van der Waals surface area contributed by atoms with Gasteiger partial charge in [0.15, 0.2) is 0 Å². The third-order valence-corrected chi connectivity index (χ3v) is 38.4. The predicted molar refractivity (Wildman–Crippen MR) is 597 cm³/mol. The quantitative estimate of drug-likeness (QED) is 0.0196. The molecular formula is C126H164BrFN12O3. The fourth-order valence-corrected chi connectivity index (χ4v) is 28.8. The molecule has 18 atom stereocenters.